The zero-order valence-electron chi connectivity index (χ0n) is 14.3. The van der Waals surface area contributed by atoms with Gasteiger partial charge in [0.15, 0.2) is 5.96 Å². The molecule has 0 aromatic carbocycles. The average molecular weight is 326 g/mol. The summed E-state index contributed by atoms with van der Waals surface area (Å²) in [4.78, 5) is 17.7. The molecule has 0 aliphatic carbocycles. The Balaban J connectivity index is 1.81. The van der Waals surface area contributed by atoms with E-state index in [2.05, 4.69) is 15.6 Å². The minimum absolute atomic E-state index is 0.0165. The third kappa shape index (κ3) is 6.74. The van der Waals surface area contributed by atoms with E-state index in [9.17, 15) is 4.79 Å². The average Bonchev–Trinajstić information content (AvgIpc) is 3.08. The van der Waals surface area contributed by atoms with Crippen LogP contribution >= 0.6 is 0 Å². The third-order valence-electron chi connectivity index (χ3n) is 4.16. The highest BCUT2D eigenvalue weighted by molar-refractivity contribution is 5.84. The van der Waals surface area contributed by atoms with Crippen LogP contribution in [0.15, 0.2) is 4.99 Å². The topological polar surface area (TPSA) is 75.2 Å². The molecule has 2 atom stereocenters. The number of hydrogen-bond donors (Lipinski definition) is 2. The van der Waals surface area contributed by atoms with Gasteiger partial charge in [-0.05, 0) is 32.1 Å². The maximum atomic E-state index is 11.7. The number of guanidine groups is 1. The van der Waals surface area contributed by atoms with Gasteiger partial charge in [-0.1, -0.05) is 0 Å². The zero-order valence-corrected chi connectivity index (χ0v) is 14.3. The molecule has 1 amide bonds. The van der Waals surface area contributed by atoms with Crippen molar-refractivity contribution < 1.29 is 14.3 Å². The summed E-state index contributed by atoms with van der Waals surface area (Å²) in [6.07, 6.45) is 6.07. The maximum Gasteiger partial charge on any atom is 0.243 e. The second-order valence-corrected chi connectivity index (χ2v) is 6.34. The smallest absolute Gasteiger partial charge is 0.243 e. The standard InChI is InChI=1S/C16H30N4O3/c1-20(2)15(21)12-19-16(18-11-14-7-5-9-23-14)17-10-13-6-3-4-8-22-13/h13-14H,3-12H2,1-2H3,(H2,17,18,19). The number of hydrogen-bond acceptors (Lipinski definition) is 4. The van der Waals surface area contributed by atoms with Crippen molar-refractivity contribution in [2.24, 2.45) is 4.99 Å². The van der Waals surface area contributed by atoms with E-state index in [-0.39, 0.29) is 24.7 Å². The van der Waals surface area contributed by atoms with E-state index < -0.39 is 0 Å². The van der Waals surface area contributed by atoms with E-state index in [4.69, 9.17) is 9.47 Å². The summed E-state index contributed by atoms with van der Waals surface area (Å²) in [6, 6.07) is 0. The molecule has 2 N–H and O–H groups in total. The minimum Gasteiger partial charge on any atom is -0.376 e. The third-order valence-corrected chi connectivity index (χ3v) is 4.16. The quantitative estimate of drug-likeness (QED) is 0.544. The van der Waals surface area contributed by atoms with Crippen molar-refractivity contribution in [2.45, 2.75) is 44.3 Å². The molecular weight excluding hydrogens is 296 g/mol. The van der Waals surface area contributed by atoms with Crippen molar-refractivity contribution >= 4 is 11.9 Å². The minimum atomic E-state index is -0.0165. The number of amides is 1. The van der Waals surface area contributed by atoms with Gasteiger partial charge in [0.2, 0.25) is 5.91 Å². The highest BCUT2D eigenvalue weighted by Gasteiger charge is 2.17. The van der Waals surface area contributed by atoms with Gasteiger partial charge < -0.3 is 25.0 Å². The lowest BCUT2D eigenvalue weighted by molar-refractivity contribution is -0.127. The fourth-order valence-electron chi connectivity index (χ4n) is 2.66. The van der Waals surface area contributed by atoms with E-state index >= 15 is 0 Å². The van der Waals surface area contributed by atoms with E-state index in [0.29, 0.717) is 19.0 Å². The van der Waals surface area contributed by atoms with Crippen molar-refractivity contribution in [2.75, 3.05) is 46.9 Å². The fraction of sp³-hybridized carbons (Fsp3) is 0.875. The summed E-state index contributed by atoms with van der Waals surface area (Å²) >= 11 is 0. The summed E-state index contributed by atoms with van der Waals surface area (Å²) in [5, 5.41) is 6.58. The SMILES string of the molecule is CN(C)C(=O)CN=C(NCC1CCCCO1)NCC1CCCO1. The van der Waals surface area contributed by atoms with Gasteiger partial charge in [-0.15, -0.1) is 0 Å². The van der Waals surface area contributed by atoms with Crippen molar-refractivity contribution in [1.29, 1.82) is 0 Å². The van der Waals surface area contributed by atoms with Crippen molar-refractivity contribution in [1.82, 2.24) is 15.5 Å². The Bertz CT molecular complexity index is 389. The maximum absolute atomic E-state index is 11.7. The van der Waals surface area contributed by atoms with Crippen molar-refractivity contribution in [3.8, 4) is 0 Å². The number of nitrogens with one attached hydrogen (secondary N) is 2. The molecule has 2 fully saturated rings. The number of nitrogens with zero attached hydrogens (tertiary/aromatic N) is 2. The van der Waals surface area contributed by atoms with Gasteiger partial charge in [-0.2, -0.15) is 0 Å². The molecular formula is C16H30N4O3. The summed E-state index contributed by atoms with van der Waals surface area (Å²) in [5.74, 6) is 0.641. The van der Waals surface area contributed by atoms with Crippen LogP contribution in [-0.2, 0) is 14.3 Å². The number of likely N-dealkylation sites (N-methyl/N-ethyl adjacent to an activating group) is 1. The number of carbonyl (C=O) groups excluding carboxylic acids is 1. The first-order chi connectivity index (χ1) is 11.1. The Kier molecular flexibility index (Phi) is 7.61. The first kappa shape index (κ1) is 18.0. The first-order valence-electron chi connectivity index (χ1n) is 8.60. The van der Waals surface area contributed by atoms with Gasteiger partial charge in [0, 0.05) is 40.4 Å². The number of rotatable bonds is 6. The number of aliphatic imine (C=N–C) groups is 1. The Hall–Kier alpha value is -1.34. The monoisotopic (exact) mass is 326 g/mol. The number of carbonyl (C=O) groups is 1. The lowest BCUT2D eigenvalue weighted by Gasteiger charge is -2.24. The summed E-state index contributed by atoms with van der Waals surface area (Å²) in [7, 11) is 3.47. The van der Waals surface area contributed by atoms with Gasteiger partial charge in [0.1, 0.15) is 6.54 Å². The van der Waals surface area contributed by atoms with Gasteiger partial charge in [-0.3, -0.25) is 4.79 Å². The van der Waals surface area contributed by atoms with E-state index in [1.165, 1.54) is 6.42 Å². The molecule has 0 aromatic rings. The second-order valence-electron chi connectivity index (χ2n) is 6.34. The molecule has 0 radical (unpaired) electrons. The van der Waals surface area contributed by atoms with Crippen LogP contribution in [0.4, 0.5) is 0 Å². The first-order valence-corrected chi connectivity index (χ1v) is 8.60. The molecule has 2 aliphatic heterocycles. The molecule has 7 nitrogen and oxygen atoms in total. The van der Waals surface area contributed by atoms with Crippen LogP contribution in [-0.4, -0.2) is 75.9 Å². The van der Waals surface area contributed by atoms with Gasteiger partial charge in [-0.25, -0.2) is 4.99 Å². The Morgan fingerprint density at radius 2 is 1.65 bits per heavy atom. The van der Waals surface area contributed by atoms with Gasteiger partial charge in [0.25, 0.3) is 0 Å². The van der Waals surface area contributed by atoms with Crippen LogP contribution in [0.2, 0.25) is 0 Å². The summed E-state index contributed by atoms with van der Waals surface area (Å²) < 4.78 is 11.3. The van der Waals surface area contributed by atoms with Crippen molar-refractivity contribution in [3.63, 3.8) is 0 Å². The number of ether oxygens (including phenoxy) is 2. The summed E-state index contributed by atoms with van der Waals surface area (Å²) in [5.41, 5.74) is 0. The normalized spacial score (nSPS) is 25.2. The Morgan fingerprint density at radius 1 is 1.04 bits per heavy atom. The molecule has 2 saturated heterocycles. The molecule has 0 aromatic heterocycles. The molecule has 132 valence electrons. The molecule has 23 heavy (non-hydrogen) atoms. The Labute approximate surface area is 138 Å². The van der Waals surface area contributed by atoms with Crippen LogP contribution in [0.25, 0.3) is 0 Å². The molecule has 7 heteroatoms. The van der Waals surface area contributed by atoms with Crippen LogP contribution in [0, 0.1) is 0 Å². The van der Waals surface area contributed by atoms with Crippen molar-refractivity contribution in [3.05, 3.63) is 0 Å². The van der Waals surface area contributed by atoms with E-state index in [1.54, 1.807) is 19.0 Å². The van der Waals surface area contributed by atoms with Crippen LogP contribution in [0.5, 0.6) is 0 Å². The predicted molar refractivity (Wildman–Crippen MR) is 89.6 cm³/mol. The largest absolute Gasteiger partial charge is 0.376 e. The van der Waals surface area contributed by atoms with Gasteiger partial charge in [0.05, 0.1) is 12.2 Å². The molecule has 2 heterocycles. The molecule has 2 unspecified atom stereocenters. The van der Waals surface area contributed by atoms with Crippen LogP contribution in [0.3, 0.4) is 0 Å². The molecule has 0 spiro atoms. The van der Waals surface area contributed by atoms with Gasteiger partial charge >= 0.3 is 0 Å². The van der Waals surface area contributed by atoms with Crippen LogP contribution < -0.4 is 10.6 Å². The molecule has 2 rings (SSSR count). The molecule has 2 aliphatic rings. The van der Waals surface area contributed by atoms with Crippen LogP contribution in [0.1, 0.15) is 32.1 Å². The zero-order chi connectivity index (χ0) is 16.5. The predicted octanol–water partition coefficient (Wildman–Crippen LogP) is 0.358. The highest BCUT2D eigenvalue weighted by Crippen LogP contribution is 2.12. The highest BCUT2D eigenvalue weighted by atomic mass is 16.5. The lowest BCUT2D eigenvalue weighted by atomic mass is 10.1. The molecule has 0 saturated carbocycles. The lowest BCUT2D eigenvalue weighted by Crippen LogP contribution is -2.45. The van der Waals surface area contributed by atoms with E-state index in [1.807, 2.05) is 0 Å². The summed E-state index contributed by atoms with van der Waals surface area (Å²) in [6.45, 7) is 3.24. The van der Waals surface area contributed by atoms with E-state index in [0.717, 1.165) is 38.9 Å². The molecule has 0 bridgehead atoms. The Morgan fingerprint density at radius 3 is 2.17 bits per heavy atom. The fourth-order valence-corrected chi connectivity index (χ4v) is 2.66. The second kappa shape index (κ2) is 9.72.